The minimum Gasteiger partial charge on any atom is -0.449 e. The lowest BCUT2D eigenvalue weighted by Crippen LogP contribution is -2.26. The number of nitrogens with two attached hydrogens (primary N) is 1. The molecule has 5 heteroatoms. The summed E-state index contributed by atoms with van der Waals surface area (Å²) in [5.41, 5.74) is 11.6. The fourth-order valence-electron chi connectivity index (χ4n) is 3.74. The number of amides is 1. The summed E-state index contributed by atoms with van der Waals surface area (Å²) < 4.78 is 19.0. The van der Waals surface area contributed by atoms with Gasteiger partial charge >= 0.3 is 6.09 Å². The van der Waals surface area contributed by atoms with Crippen molar-refractivity contribution in [1.82, 2.24) is 5.32 Å². The molecule has 3 N–H and O–H groups in total. The highest BCUT2D eigenvalue weighted by atomic mass is 19.1. The number of carbonyl (C=O) groups is 1. The average Bonchev–Trinajstić information content (AvgIpc) is 3.07. The van der Waals surface area contributed by atoms with E-state index in [0.717, 1.165) is 16.7 Å². The highest BCUT2D eigenvalue weighted by Crippen LogP contribution is 2.44. The molecular formula is C25H21FN2O2. The summed E-state index contributed by atoms with van der Waals surface area (Å²) in [5, 5.41) is 2.62. The molecule has 0 saturated carbocycles. The molecule has 1 aliphatic carbocycles. The molecule has 1 amide bonds. The number of nitrogen functional groups attached to an aromatic ring is 1. The van der Waals surface area contributed by atoms with Crippen molar-refractivity contribution in [3.63, 3.8) is 0 Å². The first-order valence-electron chi connectivity index (χ1n) is 9.68. The van der Waals surface area contributed by atoms with Gasteiger partial charge in [-0.1, -0.05) is 60.4 Å². The largest absolute Gasteiger partial charge is 0.449 e. The number of alkyl carbamates (subject to hydrolysis) is 1. The summed E-state index contributed by atoms with van der Waals surface area (Å²) in [7, 11) is 0. The number of ether oxygens (including phenoxy) is 1. The van der Waals surface area contributed by atoms with Crippen molar-refractivity contribution in [3.05, 3.63) is 88.7 Å². The predicted octanol–water partition coefficient (Wildman–Crippen LogP) is 4.61. The molecular weight excluding hydrogens is 379 g/mol. The second kappa shape index (κ2) is 8.30. The van der Waals surface area contributed by atoms with E-state index in [2.05, 4.69) is 41.4 Å². The van der Waals surface area contributed by atoms with Gasteiger partial charge in [0.05, 0.1) is 12.2 Å². The molecule has 0 bridgehead atoms. The number of anilines is 1. The Bertz CT molecular complexity index is 1130. The highest BCUT2D eigenvalue weighted by molar-refractivity contribution is 5.79. The van der Waals surface area contributed by atoms with Gasteiger partial charge in [-0.15, -0.1) is 0 Å². The van der Waals surface area contributed by atoms with Crippen LogP contribution in [0.4, 0.5) is 14.9 Å². The molecule has 3 aromatic carbocycles. The Balaban J connectivity index is 1.36. The lowest BCUT2D eigenvalue weighted by Gasteiger charge is -2.14. The smallest absolute Gasteiger partial charge is 0.407 e. The van der Waals surface area contributed by atoms with E-state index in [-0.39, 0.29) is 24.8 Å². The second-order valence-electron chi connectivity index (χ2n) is 7.17. The van der Waals surface area contributed by atoms with Gasteiger partial charge in [-0.2, -0.15) is 0 Å². The fraction of sp³-hybridized carbons (Fsp3) is 0.160. The summed E-state index contributed by atoms with van der Waals surface area (Å²) in [6, 6.07) is 19.2. The van der Waals surface area contributed by atoms with E-state index in [1.165, 1.54) is 23.3 Å². The van der Waals surface area contributed by atoms with Gasteiger partial charge in [0, 0.05) is 11.5 Å². The Morgan fingerprint density at radius 1 is 1.10 bits per heavy atom. The van der Waals surface area contributed by atoms with Crippen LogP contribution in [0, 0.1) is 24.6 Å². The summed E-state index contributed by atoms with van der Waals surface area (Å²) in [6.45, 7) is 2.15. The number of rotatable bonds is 3. The molecule has 0 fully saturated rings. The summed E-state index contributed by atoms with van der Waals surface area (Å²) in [5.74, 6) is 5.16. The molecule has 0 atom stereocenters. The minimum absolute atomic E-state index is 0.00892. The first kappa shape index (κ1) is 19.5. The standard InChI is InChI=1S/C25H21FN2O2/c1-16-13-24(27)23(26)14-17(16)7-6-12-28-25(29)30-15-22-20-10-4-2-8-18(20)19-9-3-5-11-21(19)22/h2-5,8-11,13-14,22H,12,15,27H2,1H3,(H,28,29). The third-order valence-electron chi connectivity index (χ3n) is 5.23. The number of hydrogen-bond acceptors (Lipinski definition) is 3. The molecule has 30 heavy (non-hydrogen) atoms. The van der Waals surface area contributed by atoms with E-state index >= 15 is 0 Å². The Kier molecular flexibility index (Phi) is 5.40. The zero-order valence-electron chi connectivity index (χ0n) is 16.5. The van der Waals surface area contributed by atoms with Crippen molar-refractivity contribution < 1.29 is 13.9 Å². The van der Waals surface area contributed by atoms with Crippen molar-refractivity contribution >= 4 is 11.8 Å². The van der Waals surface area contributed by atoms with Crippen molar-refractivity contribution in [3.8, 4) is 23.0 Å². The van der Waals surface area contributed by atoms with Gasteiger partial charge in [-0.05, 0) is 46.9 Å². The van der Waals surface area contributed by atoms with Crippen LogP contribution in [0.2, 0.25) is 0 Å². The third-order valence-corrected chi connectivity index (χ3v) is 5.23. The number of halogens is 1. The van der Waals surface area contributed by atoms with E-state index in [9.17, 15) is 9.18 Å². The van der Waals surface area contributed by atoms with Gasteiger partial charge in [0.1, 0.15) is 12.4 Å². The first-order chi connectivity index (χ1) is 14.5. The molecule has 0 aliphatic heterocycles. The maximum Gasteiger partial charge on any atom is 0.407 e. The molecule has 150 valence electrons. The van der Waals surface area contributed by atoms with Gasteiger partial charge in [-0.25, -0.2) is 9.18 Å². The second-order valence-corrected chi connectivity index (χ2v) is 7.17. The number of aryl methyl sites for hydroxylation is 1. The zero-order valence-corrected chi connectivity index (χ0v) is 16.5. The van der Waals surface area contributed by atoms with E-state index in [4.69, 9.17) is 10.5 Å². The Labute approximate surface area is 174 Å². The van der Waals surface area contributed by atoms with Crippen LogP contribution >= 0.6 is 0 Å². The quantitative estimate of drug-likeness (QED) is 0.499. The third kappa shape index (κ3) is 3.85. The minimum atomic E-state index is -0.536. The fourth-order valence-corrected chi connectivity index (χ4v) is 3.74. The Hall–Kier alpha value is -3.78. The van der Waals surface area contributed by atoms with E-state index < -0.39 is 11.9 Å². The summed E-state index contributed by atoms with van der Waals surface area (Å²) >= 11 is 0. The molecule has 4 rings (SSSR count). The molecule has 1 aliphatic rings. The van der Waals surface area contributed by atoms with Crippen LogP contribution in [-0.2, 0) is 4.74 Å². The summed E-state index contributed by atoms with van der Waals surface area (Å²) in [4.78, 5) is 12.1. The van der Waals surface area contributed by atoms with Crippen LogP contribution in [0.25, 0.3) is 11.1 Å². The lowest BCUT2D eigenvalue weighted by molar-refractivity contribution is 0.144. The molecule has 4 nitrogen and oxygen atoms in total. The topological polar surface area (TPSA) is 64.3 Å². The van der Waals surface area contributed by atoms with Crippen LogP contribution in [-0.4, -0.2) is 19.2 Å². The number of hydrogen-bond donors (Lipinski definition) is 2. The molecule has 0 unspecified atom stereocenters. The number of carbonyl (C=O) groups excluding carboxylic acids is 1. The highest BCUT2D eigenvalue weighted by Gasteiger charge is 2.28. The van der Waals surface area contributed by atoms with Crippen molar-refractivity contribution in [2.24, 2.45) is 0 Å². The maximum absolute atomic E-state index is 13.6. The SMILES string of the molecule is Cc1cc(N)c(F)cc1C#CCNC(=O)OCC1c2ccccc2-c2ccccc21. The molecule has 0 heterocycles. The zero-order chi connectivity index (χ0) is 21.1. The number of benzene rings is 3. The van der Waals surface area contributed by atoms with Crippen molar-refractivity contribution in [1.29, 1.82) is 0 Å². The van der Waals surface area contributed by atoms with Crippen molar-refractivity contribution in [2.45, 2.75) is 12.8 Å². The van der Waals surface area contributed by atoms with Crippen LogP contribution in [0.15, 0.2) is 60.7 Å². The molecule has 0 aromatic heterocycles. The normalized spacial score (nSPS) is 11.8. The first-order valence-corrected chi connectivity index (χ1v) is 9.68. The Morgan fingerprint density at radius 3 is 2.40 bits per heavy atom. The Morgan fingerprint density at radius 2 is 1.73 bits per heavy atom. The van der Waals surface area contributed by atoms with Crippen LogP contribution in [0.1, 0.15) is 28.2 Å². The van der Waals surface area contributed by atoms with Gasteiger partial charge in [0.2, 0.25) is 0 Å². The van der Waals surface area contributed by atoms with E-state index in [0.29, 0.717) is 5.56 Å². The van der Waals surface area contributed by atoms with Gasteiger partial charge in [0.25, 0.3) is 0 Å². The van der Waals surface area contributed by atoms with E-state index in [1.807, 2.05) is 24.3 Å². The molecule has 3 aromatic rings. The predicted molar refractivity (Wildman–Crippen MR) is 115 cm³/mol. The summed E-state index contributed by atoms with van der Waals surface area (Å²) in [6.07, 6.45) is -0.536. The van der Waals surface area contributed by atoms with Crippen LogP contribution in [0.3, 0.4) is 0 Å². The van der Waals surface area contributed by atoms with Gasteiger partial charge in [0.15, 0.2) is 0 Å². The number of nitrogens with one attached hydrogen (secondary N) is 1. The van der Waals surface area contributed by atoms with Crippen molar-refractivity contribution in [2.75, 3.05) is 18.9 Å². The lowest BCUT2D eigenvalue weighted by atomic mass is 9.98. The van der Waals surface area contributed by atoms with Crippen LogP contribution in [0.5, 0.6) is 0 Å². The number of fused-ring (bicyclic) bond motifs is 3. The van der Waals surface area contributed by atoms with Gasteiger partial charge < -0.3 is 15.8 Å². The molecule has 0 radical (unpaired) electrons. The molecule has 0 saturated heterocycles. The average molecular weight is 400 g/mol. The van der Waals surface area contributed by atoms with E-state index in [1.54, 1.807) is 6.92 Å². The van der Waals surface area contributed by atoms with Gasteiger partial charge in [-0.3, -0.25) is 0 Å². The monoisotopic (exact) mass is 400 g/mol. The maximum atomic E-state index is 13.6. The van der Waals surface area contributed by atoms with Crippen LogP contribution < -0.4 is 11.1 Å². The molecule has 0 spiro atoms.